The second-order valence-electron chi connectivity index (χ2n) is 7.75. The van der Waals surface area contributed by atoms with Crippen LogP contribution in [0.25, 0.3) is 5.65 Å². The van der Waals surface area contributed by atoms with Gasteiger partial charge in [0.1, 0.15) is 22.7 Å². The Morgan fingerprint density at radius 3 is 2.53 bits per heavy atom. The van der Waals surface area contributed by atoms with Crippen LogP contribution in [-0.4, -0.2) is 38.4 Å². The highest BCUT2D eigenvalue weighted by Gasteiger charge is 2.19. The SMILES string of the molecule is CCC(=O)c1cn2cc(CNC(=O)c3ccc(OC(C)(C)CCO)cc3)ccc2n1. The summed E-state index contributed by atoms with van der Waals surface area (Å²) in [6.45, 7) is 6.02. The van der Waals surface area contributed by atoms with Crippen LogP contribution in [0.1, 0.15) is 60.0 Å². The number of ether oxygens (including phenoxy) is 1. The van der Waals surface area contributed by atoms with E-state index in [1.165, 1.54) is 0 Å². The molecule has 1 aromatic carbocycles. The van der Waals surface area contributed by atoms with Gasteiger partial charge in [-0.15, -0.1) is 0 Å². The summed E-state index contributed by atoms with van der Waals surface area (Å²) in [6, 6.07) is 10.6. The van der Waals surface area contributed by atoms with Crippen molar-refractivity contribution in [2.24, 2.45) is 0 Å². The molecule has 0 bridgehead atoms. The Kier molecular flexibility index (Phi) is 6.52. The highest BCUT2D eigenvalue weighted by Crippen LogP contribution is 2.21. The predicted octanol–water partition coefficient (Wildman–Crippen LogP) is 3.40. The van der Waals surface area contributed by atoms with E-state index in [0.29, 0.717) is 42.0 Å². The third kappa shape index (κ3) is 5.24. The van der Waals surface area contributed by atoms with Gasteiger partial charge in [0, 0.05) is 44.0 Å². The molecule has 7 heteroatoms. The Bertz CT molecular complexity index is 1040. The van der Waals surface area contributed by atoms with Crippen molar-refractivity contribution < 1.29 is 19.4 Å². The second-order valence-corrected chi connectivity index (χ2v) is 7.75. The van der Waals surface area contributed by atoms with Gasteiger partial charge in [-0.1, -0.05) is 13.0 Å². The summed E-state index contributed by atoms with van der Waals surface area (Å²) in [5.74, 6) is 0.456. The van der Waals surface area contributed by atoms with Crippen LogP contribution in [0.15, 0.2) is 48.8 Å². The fourth-order valence-electron chi connectivity index (χ4n) is 3.06. The molecular formula is C23H27N3O4. The molecule has 7 nitrogen and oxygen atoms in total. The molecule has 0 radical (unpaired) electrons. The Balaban J connectivity index is 1.61. The zero-order valence-electron chi connectivity index (χ0n) is 17.5. The molecule has 3 rings (SSSR count). The van der Waals surface area contributed by atoms with Crippen LogP contribution in [0.2, 0.25) is 0 Å². The number of nitrogens with one attached hydrogen (secondary N) is 1. The number of imidazole rings is 1. The average Bonchev–Trinajstić information content (AvgIpc) is 3.15. The topological polar surface area (TPSA) is 92.9 Å². The molecule has 0 atom stereocenters. The summed E-state index contributed by atoms with van der Waals surface area (Å²) in [6.07, 6.45) is 4.50. The molecule has 30 heavy (non-hydrogen) atoms. The molecule has 2 aromatic heterocycles. The van der Waals surface area contributed by atoms with Crippen molar-refractivity contribution >= 4 is 17.3 Å². The van der Waals surface area contributed by atoms with Gasteiger partial charge < -0.3 is 19.6 Å². The number of rotatable bonds is 9. The zero-order valence-corrected chi connectivity index (χ0v) is 17.5. The molecule has 2 N–H and O–H groups in total. The molecule has 158 valence electrons. The summed E-state index contributed by atoms with van der Waals surface area (Å²) < 4.78 is 7.65. The normalized spacial score (nSPS) is 11.5. The number of aliphatic hydroxyl groups is 1. The van der Waals surface area contributed by atoms with E-state index in [2.05, 4.69) is 10.3 Å². The van der Waals surface area contributed by atoms with Crippen molar-refractivity contribution in [1.82, 2.24) is 14.7 Å². The Morgan fingerprint density at radius 2 is 1.87 bits per heavy atom. The van der Waals surface area contributed by atoms with Crippen molar-refractivity contribution in [2.45, 2.75) is 45.8 Å². The number of aliphatic hydroxyl groups excluding tert-OH is 1. The molecule has 0 aliphatic rings. The lowest BCUT2D eigenvalue weighted by atomic mass is 10.1. The van der Waals surface area contributed by atoms with Gasteiger partial charge in [0.15, 0.2) is 5.78 Å². The lowest BCUT2D eigenvalue weighted by molar-refractivity contribution is 0.0765. The third-order valence-electron chi connectivity index (χ3n) is 4.80. The maximum absolute atomic E-state index is 12.5. The van der Waals surface area contributed by atoms with Crippen molar-refractivity contribution in [2.75, 3.05) is 6.61 Å². The number of aromatic nitrogens is 2. The minimum atomic E-state index is -0.480. The summed E-state index contributed by atoms with van der Waals surface area (Å²) in [5.41, 5.74) is 2.09. The van der Waals surface area contributed by atoms with E-state index in [1.807, 2.05) is 39.1 Å². The molecule has 1 amide bonds. The minimum Gasteiger partial charge on any atom is -0.488 e. The van der Waals surface area contributed by atoms with E-state index in [-0.39, 0.29) is 18.3 Å². The van der Waals surface area contributed by atoms with E-state index in [4.69, 9.17) is 9.84 Å². The van der Waals surface area contributed by atoms with Crippen molar-refractivity contribution in [3.8, 4) is 5.75 Å². The molecule has 0 fully saturated rings. The maximum Gasteiger partial charge on any atom is 0.251 e. The van der Waals surface area contributed by atoms with Gasteiger partial charge in [-0.25, -0.2) is 4.98 Å². The van der Waals surface area contributed by atoms with E-state index >= 15 is 0 Å². The molecule has 0 saturated heterocycles. The lowest BCUT2D eigenvalue weighted by Gasteiger charge is -2.25. The molecular weight excluding hydrogens is 382 g/mol. The molecule has 0 aliphatic heterocycles. The molecule has 0 unspecified atom stereocenters. The van der Waals surface area contributed by atoms with Crippen LogP contribution in [0.4, 0.5) is 0 Å². The van der Waals surface area contributed by atoms with Gasteiger partial charge in [-0.05, 0) is 49.7 Å². The van der Waals surface area contributed by atoms with E-state index < -0.39 is 5.60 Å². The number of ketones is 1. The quantitative estimate of drug-likeness (QED) is 0.529. The standard InChI is InChI=1S/C23H27N3O4/c1-4-20(28)19-15-26-14-16(5-10-21(26)25-19)13-24-22(29)17-6-8-18(9-7-17)30-23(2,3)11-12-27/h5-10,14-15,27H,4,11-13H2,1-3H3,(H,24,29). The van der Waals surface area contributed by atoms with E-state index in [0.717, 1.165) is 5.56 Å². The van der Waals surface area contributed by atoms with Crippen LogP contribution >= 0.6 is 0 Å². The van der Waals surface area contributed by atoms with Crippen molar-refractivity contribution in [1.29, 1.82) is 0 Å². The first-order valence-corrected chi connectivity index (χ1v) is 10.0. The molecule has 0 spiro atoms. The monoisotopic (exact) mass is 409 g/mol. The van der Waals surface area contributed by atoms with Crippen LogP contribution in [0.5, 0.6) is 5.75 Å². The Labute approximate surface area is 175 Å². The number of nitrogens with zero attached hydrogens (tertiary/aromatic N) is 2. The summed E-state index contributed by atoms with van der Waals surface area (Å²) >= 11 is 0. The number of Topliss-reactive ketones (excluding diaryl/α,β-unsaturated/α-hetero) is 1. The fraction of sp³-hybridized carbons (Fsp3) is 0.348. The zero-order chi connectivity index (χ0) is 21.7. The lowest BCUT2D eigenvalue weighted by Crippen LogP contribution is -2.29. The van der Waals surface area contributed by atoms with Gasteiger partial charge in [0.05, 0.1) is 0 Å². The van der Waals surface area contributed by atoms with Crippen molar-refractivity contribution in [3.63, 3.8) is 0 Å². The Morgan fingerprint density at radius 1 is 1.13 bits per heavy atom. The third-order valence-corrected chi connectivity index (χ3v) is 4.80. The van der Waals surface area contributed by atoms with Crippen molar-refractivity contribution in [3.05, 3.63) is 65.6 Å². The number of pyridine rings is 1. The first-order valence-electron chi connectivity index (χ1n) is 10.0. The largest absolute Gasteiger partial charge is 0.488 e. The van der Waals surface area contributed by atoms with Gasteiger partial charge in [0.25, 0.3) is 5.91 Å². The number of benzene rings is 1. The molecule has 0 aliphatic carbocycles. The highest BCUT2D eigenvalue weighted by molar-refractivity contribution is 5.95. The predicted molar refractivity (Wildman–Crippen MR) is 114 cm³/mol. The summed E-state index contributed by atoms with van der Waals surface area (Å²) in [4.78, 5) is 28.6. The number of hydrogen-bond donors (Lipinski definition) is 2. The highest BCUT2D eigenvalue weighted by atomic mass is 16.5. The van der Waals surface area contributed by atoms with E-state index in [9.17, 15) is 9.59 Å². The number of amides is 1. The van der Waals surface area contributed by atoms with Crippen LogP contribution in [0, 0.1) is 0 Å². The number of fused-ring (bicyclic) bond motifs is 1. The van der Waals surface area contributed by atoms with Gasteiger partial charge in [-0.3, -0.25) is 9.59 Å². The average molecular weight is 409 g/mol. The minimum absolute atomic E-state index is 0.000674. The summed E-state index contributed by atoms with van der Waals surface area (Å²) in [7, 11) is 0. The van der Waals surface area contributed by atoms with Crippen LogP contribution in [0.3, 0.4) is 0 Å². The molecule has 0 saturated carbocycles. The first kappa shape index (κ1) is 21.5. The van der Waals surface area contributed by atoms with Gasteiger partial charge in [-0.2, -0.15) is 0 Å². The number of carbonyl (C=O) groups is 2. The van der Waals surface area contributed by atoms with Gasteiger partial charge in [0.2, 0.25) is 0 Å². The maximum atomic E-state index is 12.5. The second kappa shape index (κ2) is 9.09. The van der Waals surface area contributed by atoms with Crippen LogP contribution in [-0.2, 0) is 6.54 Å². The van der Waals surface area contributed by atoms with E-state index in [1.54, 1.807) is 34.9 Å². The van der Waals surface area contributed by atoms with Crippen LogP contribution < -0.4 is 10.1 Å². The Hall–Kier alpha value is -3.19. The summed E-state index contributed by atoms with van der Waals surface area (Å²) in [5, 5.41) is 12.0. The number of carbonyl (C=O) groups excluding carboxylic acids is 2. The fourth-order valence-corrected chi connectivity index (χ4v) is 3.06. The molecule has 3 aromatic rings. The first-order chi connectivity index (χ1) is 14.3. The smallest absolute Gasteiger partial charge is 0.251 e. The van der Waals surface area contributed by atoms with Gasteiger partial charge >= 0.3 is 0 Å². The molecule has 2 heterocycles. The number of hydrogen-bond acceptors (Lipinski definition) is 5.